The minimum atomic E-state index is -0.180. The van der Waals surface area contributed by atoms with Crippen molar-refractivity contribution in [3.8, 4) is 28.8 Å². The van der Waals surface area contributed by atoms with Gasteiger partial charge in [0, 0.05) is 17.5 Å². The van der Waals surface area contributed by atoms with Crippen LogP contribution in [0.3, 0.4) is 0 Å². The van der Waals surface area contributed by atoms with Crippen LogP contribution < -0.4 is 15.0 Å². The Labute approximate surface area is 170 Å². The van der Waals surface area contributed by atoms with Crippen LogP contribution in [-0.4, -0.2) is 39.2 Å². The molecule has 0 amide bonds. The molecule has 3 aromatic heterocycles. The number of methoxy groups -OCH3 is 2. The molecule has 4 aromatic rings. The monoisotopic (exact) mass is 413 g/mol. The lowest BCUT2D eigenvalue weighted by molar-refractivity contribution is 0.390. The number of benzene rings is 1. The Hall–Kier alpha value is -3.40. The molecule has 0 spiro atoms. The quantitative estimate of drug-likeness (QED) is 0.448. The second kappa shape index (κ2) is 7.92. The molecular formula is C19H19N5O4S. The zero-order chi connectivity index (χ0) is 20.4. The molecule has 0 aliphatic heterocycles. The third-order valence-electron chi connectivity index (χ3n) is 4.23. The number of rotatable bonds is 7. The van der Waals surface area contributed by atoms with Crippen LogP contribution in [0, 0.1) is 6.92 Å². The van der Waals surface area contributed by atoms with E-state index in [0.717, 1.165) is 11.5 Å². The maximum atomic E-state index is 11.4. The third-order valence-corrected chi connectivity index (χ3v) is 5.21. The smallest absolute Gasteiger partial charge is 0.264 e. The van der Waals surface area contributed by atoms with Crippen LogP contribution in [0.15, 0.2) is 50.8 Å². The van der Waals surface area contributed by atoms with Crippen LogP contribution in [-0.2, 0) is 5.75 Å². The Morgan fingerprint density at radius 1 is 1.10 bits per heavy atom. The molecule has 0 unspecified atom stereocenters. The van der Waals surface area contributed by atoms with Gasteiger partial charge in [-0.15, -0.1) is 10.2 Å². The molecule has 3 heterocycles. The van der Waals surface area contributed by atoms with Crippen LogP contribution in [0.2, 0.25) is 0 Å². The third kappa shape index (κ3) is 3.66. The summed E-state index contributed by atoms with van der Waals surface area (Å²) in [6, 6.07) is 10.7. The lowest BCUT2D eigenvalue weighted by Gasteiger charge is -2.16. The van der Waals surface area contributed by atoms with E-state index in [1.165, 1.54) is 17.8 Å². The summed E-state index contributed by atoms with van der Waals surface area (Å²) in [6.45, 7) is 1.87. The number of aromatic nitrogens is 5. The lowest BCUT2D eigenvalue weighted by Crippen LogP contribution is -2.04. The van der Waals surface area contributed by atoms with Crippen LogP contribution >= 0.6 is 11.8 Å². The Bertz CT molecular complexity index is 1170. The minimum Gasteiger partial charge on any atom is -0.494 e. The summed E-state index contributed by atoms with van der Waals surface area (Å²) in [5, 5.41) is 14.7. The van der Waals surface area contributed by atoms with Crippen molar-refractivity contribution in [2.45, 2.75) is 17.8 Å². The number of thioether (sulfide) groups is 1. The summed E-state index contributed by atoms with van der Waals surface area (Å²) in [5.74, 6) is 3.55. The molecule has 1 aromatic carbocycles. The highest BCUT2D eigenvalue weighted by Gasteiger charge is 2.24. The summed E-state index contributed by atoms with van der Waals surface area (Å²) in [7, 11) is 3.19. The zero-order valence-electron chi connectivity index (χ0n) is 16.1. The second-order valence-electron chi connectivity index (χ2n) is 6.14. The molecule has 0 aliphatic rings. The lowest BCUT2D eigenvalue weighted by atomic mass is 10.2. The van der Waals surface area contributed by atoms with Gasteiger partial charge in [-0.2, -0.15) is 0 Å². The number of nitrogens with zero attached hydrogens (tertiary/aromatic N) is 3. The fourth-order valence-electron chi connectivity index (χ4n) is 2.92. The topological polar surface area (TPSA) is 111 Å². The highest BCUT2D eigenvalue weighted by atomic mass is 32.2. The molecule has 0 aliphatic carbocycles. The number of H-pyrrole nitrogens is 2. The van der Waals surface area contributed by atoms with Crippen LogP contribution in [0.1, 0.15) is 11.5 Å². The molecule has 9 nitrogen and oxygen atoms in total. The molecule has 150 valence electrons. The van der Waals surface area contributed by atoms with Gasteiger partial charge in [0.2, 0.25) is 5.82 Å². The molecule has 2 N–H and O–H groups in total. The Morgan fingerprint density at radius 2 is 1.86 bits per heavy atom. The van der Waals surface area contributed by atoms with E-state index >= 15 is 0 Å². The molecule has 0 atom stereocenters. The van der Waals surface area contributed by atoms with Crippen LogP contribution in [0.25, 0.3) is 17.3 Å². The minimum absolute atomic E-state index is 0.180. The number of furan rings is 1. The van der Waals surface area contributed by atoms with Crippen LogP contribution in [0.4, 0.5) is 0 Å². The summed E-state index contributed by atoms with van der Waals surface area (Å²) >= 11 is 1.42. The van der Waals surface area contributed by atoms with E-state index in [1.807, 2.05) is 41.8 Å². The van der Waals surface area contributed by atoms with E-state index in [2.05, 4.69) is 20.4 Å². The van der Waals surface area contributed by atoms with Crippen molar-refractivity contribution in [2.24, 2.45) is 0 Å². The fourth-order valence-corrected chi connectivity index (χ4v) is 3.77. The average Bonchev–Trinajstić information content (AvgIpc) is 3.45. The van der Waals surface area contributed by atoms with Gasteiger partial charge < -0.3 is 19.0 Å². The van der Waals surface area contributed by atoms with Gasteiger partial charge in [0.05, 0.1) is 14.2 Å². The Morgan fingerprint density at radius 3 is 2.45 bits per heavy atom. The standard InChI is InChI=1S/C19H19N5O4S/c1-11-7-8-15(28-11)18-22-23-19(29-10-12-9-16(25)21-20-12)24(18)17-13(26-2)5-4-6-14(17)27-3/h4-9H,10H2,1-3H3,(H2,20,21,25). The number of aromatic amines is 2. The number of para-hydroxylation sites is 1. The summed E-state index contributed by atoms with van der Waals surface area (Å²) < 4.78 is 18.8. The Kier molecular flexibility index (Phi) is 5.17. The van der Waals surface area contributed by atoms with E-state index in [4.69, 9.17) is 13.9 Å². The molecular weight excluding hydrogens is 394 g/mol. The number of hydrogen-bond donors (Lipinski definition) is 2. The molecule has 0 radical (unpaired) electrons. The fraction of sp³-hybridized carbons (Fsp3) is 0.211. The van der Waals surface area contributed by atoms with Gasteiger partial charge in [0.25, 0.3) is 5.56 Å². The van der Waals surface area contributed by atoms with E-state index in [9.17, 15) is 4.79 Å². The number of ether oxygens (including phenoxy) is 2. The SMILES string of the molecule is COc1cccc(OC)c1-n1c(SCc2cc(=O)[nH][nH]2)nnc1-c1ccc(C)o1. The van der Waals surface area contributed by atoms with E-state index < -0.39 is 0 Å². The summed E-state index contributed by atoms with van der Waals surface area (Å²) in [6.07, 6.45) is 0. The highest BCUT2D eigenvalue weighted by molar-refractivity contribution is 7.98. The van der Waals surface area contributed by atoms with Crippen molar-refractivity contribution in [1.29, 1.82) is 0 Å². The van der Waals surface area contributed by atoms with Crippen molar-refractivity contribution in [2.75, 3.05) is 14.2 Å². The molecule has 0 saturated carbocycles. The number of nitrogens with one attached hydrogen (secondary N) is 2. The van der Waals surface area contributed by atoms with Crippen molar-refractivity contribution in [3.63, 3.8) is 0 Å². The predicted molar refractivity (Wildman–Crippen MR) is 108 cm³/mol. The van der Waals surface area contributed by atoms with Gasteiger partial charge in [0.15, 0.2) is 10.9 Å². The van der Waals surface area contributed by atoms with Gasteiger partial charge in [-0.05, 0) is 31.2 Å². The average molecular weight is 413 g/mol. The Balaban J connectivity index is 1.85. The summed E-state index contributed by atoms with van der Waals surface area (Å²) in [4.78, 5) is 11.4. The number of hydrogen-bond acceptors (Lipinski definition) is 7. The molecule has 4 rings (SSSR count). The first-order valence-corrected chi connectivity index (χ1v) is 9.72. The van der Waals surface area contributed by atoms with E-state index in [0.29, 0.717) is 39.7 Å². The second-order valence-corrected chi connectivity index (χ2v) is 7.08. The molecule has 10 heteroatoms. The normalized spacial score (nSPS) is 11.0. The highest BCUT2D eigenvalue weighted by Crippen LogP contribution is 2.39. The largest absolute Gasteiger partial charge is 0.494 e. The van der Waals surface area contributed by atoms with Gasteiger partial charge in [0.1, 0.15) is 22.9 Å². The first-order chi connectivity index (χ1) is 14.1. The first-order valence-electron chi connectivity index (χ1n) is 8.73. The van der Waals surface area contributed by atoms with Crippen LogP contribution in [0.5, 0.6) is 11.5 Å². The van der Waals surface area contributed by atoms with Crippen molar-refractivity contribution >= 4 is 11.8 Å². The molecule has 0 bridgehead atoms. The van der Waals surface area contributed by atoms with Gasteiger partial charge in [-0.3, -0.25) is 14.5 Å². The van der Waals surface area contributed by atoms with Gasteiger partial charge >= 0.3 is 0 Å². The maximum absolute atomic E-state index is 11.4. The van der Waals surface area contributed by atoms with Gasteiger partial charge in [-0.25, -0.2) is 0 Å². The van der Waals surface area contributed by atoms with Crippen molar-refractivity contribution in [1.82, 2.24) is 25.0 Å². The van der Waals surface area contributed by atoms with Crippen molar-refractivity contribution in [3.05, 3.63) is 58.2 Å². The predicted octanol–water partition coefficient (Wildman–Crippen LogP) is 3.16. The van der Waals surface area contributed by atoms with Gasteiger partial charge in [-0.1, -0.05) is 17.8 Å². The zero-order valence-corrected chi connectivity index (χ0v) is 16.9. The van der Waals surface area contributed by atoms with E-state index in [-0.39, 0.29) is 5.56 Å². The first kappa shape index (κ1) is 18.9. The summed E-state index contributed by atoms with van der Waals surface area (Å²) in [5.41, 5.74) is 1.23. The maximum Gasteiger partial charge on any atom is 0.264 e. The molecule has 29 heavy (non-hydrogen) atoms. The molecule has 0 fully saturated rings. The molecule has 0 saturated heterocycles. The number of aryl methyl sites for hydroxylation is 1. The van der Waals surface area contributed by atoms with Crippen molar-refractivity contribution < 1.29 is 13.9 Å². The van der Waals surface area contributed by atoms with E-state index in [1.54, 1.807) is 14.2 Å².